The molecule has 4 rings (SSSR count). The van der Waals surface area contributed by atoms with Crippen LogP contribution in [0.15, 0.2) is 53.8 Å². The van der Waals surface area contributed by atoms with Crippen molar-refractivity contribution < 1.29 is 19.1 Å². The topological polar surface area (TPSA) is 97.7 Å². The number of ketones is 1. The third kappa shape index (κ3) is 4.76. The molecule has 1 aromatic carbocycles. The van der Waals surface area contributed by atoms with Gasteiger partial charge in [0.15, 0.2) is 11.8 Å². The molecule has 2 aliphatic rings. The van der Waals surface area contributed by atoms with Gasteiger partial charge in [0.05, 0.1) is 27.6 Å². The molecule has 0 radical (unpaired) electrons. The lowest BCUT2D eigenvalue weighted by molar-refractivity contribution is -0.144. The van der Waals surface area contributed by atoms with E-state index in [0.29, 0.717) is 24.9 Å². The number of aromatic nitrogens is 1. The molecule has 1 spiro atoms. The van der Waals surface area contributed by atoms with Crippen LogP contribution in [0.4, 0.5) is 5.69 Å². The molecular formula is C25H23Cl2N3O4. The van der Waals surface area contributed by atoms with Gasteiger partial charge in [-0.25, -0.2) is 4.79 Å². The van der Waals surface area contributed by atoms with Gasteiger partial charge in [-0.05, 0) is 37.5 Å². The molecule has 1 saturated carbocycles. The molecule has 176 valence electrons. The normalized spacial score (nSPS) is 18.1. The first-order valence-electron chi connectivity index (χ1n) is 11.0. The maximum absolute atomic E-state index is 12.6. The van der Waals surface area contributed by atoms with Gasteiger partial charge in [-0.3, -0.25) is 19.6 Å². The number of Topliss-reactive ketones (excluding diaryl/α,β-unsaturated/α-hetero) is 1. The second-order valence-electron chi connectivity index (χ2n) is 8.24. The molecule has 1 amide bonds. The number of hydrogen-bond donors (Lipinski definition) is 1. The van der Waals surface area contributed by atoms with Crippen LogP contribution >= 0.6 is 23.2 Å². The molecular weight excluding hydrogens is 477 g/mol. The first-order chi connectivity index (χ1) is 16.3. The average molecular weight is 500 g/mol. The van der Waals surface area contributed by atoms with Crippen LogP contribution in [0.2, 0.25) is 10.0 Å². The molecule has 1 N–H and O–H groups in total. The van der Waals surface area contributed by atoms with Gasteiger partial charge in [0.2, 0.25) is 0 Å². The van der Waals surface area contributed by atoms with Gasteiger partial charge in [-0.2, -0.15) is 0 Å². The van der Waals surface area contributed by atoms with Crippen LogP contribution in [0, 0.1) is 5.41 Å². The van der Waals surface area contributed by atoms with Crippen LogP contribution in [0.1, 0.15) is 42.1 Å². The molecule has 2 aromatic rings. The SMILES string of the molecule is CCOC(=O)[C@H](Cc1ccc(NC(=O)c2c(Cl)cncc2Cl)cc1)N=C1CC(=O)C12CC=CC2. The number of pyridine rings is 1. The van der Waals surface area contributed by atoms with E-state index in [1.165, 1.54) is 12.4 Å². The van der Waals surface area contributed by atoms with Crippen LogP contribution in [0.3, 0.4) is 0 Å². The van der Waals surface area contributed by atoms with Gasteiger partial charge in [-0.1, -0.05) is 47.5 Å². The Labute approximate surface area is 207 Å². The Morgan fingerprint density at radius 1 is 1.15 bits per heavy atom. The van der Waals surface area contributed by atoms with Crippen molar-refractivity contribution in [1.82, 2.24) is 4.98 Å². The van der Waals surface area contributed by atoms with Crippen molar-refractivity contribution in [2.45, 2.75) is 38.6 Å². The lowest BCUT2D eigenvalue weighted by Gasteiger charge is -2.38. The van der Waals surface area contributed by atoms with Crippen molar-refractivity contribution >= 4 is 52.3 Å². The van der Waals surface area contributed by atoms with E-state index in [-0.39, 0.29) is 34.4 Å². The Balaban J connectivity index is 1.48. The van der Waals surface area contributed by atoms with E-state index in [1.807, 2.05) is 12.2 Å². The van der Waals surface area contributed by atoms with Crippen molar-refractivity contribution in [2.75, 3.05) is 11.9 Å². The molecule has 0 bridgehead atoms. The van der Waals surface area contributed by atoms with Crippen molar-refractivity contribution in [2.24, 2.45) is 10.4 Å². The van der Waals surface area contributed by atoms with Gasteiger partial charge < -0.3 is 10.1 Å². The highest BCUT2D eigenvalue weighted by molar-refractivity contribution is 6.40. The number of ether oxygens (including phenoxy) is 1. The number of nitrogens with zero attached hydrogens (tertiary/aromatic N) is 2. The zero-order valence-electron chi connectivity index (χ0n) is 18.5. The molecule has 1 heterocycles. The molecule has 9 heteroatoms. The van der Waals surface area contributed by atoms with Crippen LogP contribution in [-0.4, -0.2) is 41.0 Å². The summed E-state index contributed by atoms with van der Waals surface area (Å²) >= 11 is 12.1. The smallest absolute Gasteiger partial charge is 0.331 e. The summed E-state index contributed by atoms with van der Waals surface area (Å²) in [7, 11) is 0. The predicted octanol–water partition coefficient (Wildman–Crippen LogP) is 4.87. The van der Waals surface area contributed by atoms with Crippen molar-refractivity contribution in [3.05, 3.63) is 70.0 Å². The van der Waals surface area contributed by atoms with Crippen LogP contribution in [0.5, 0.6) is 0 Å². The van der Waals surface area contributed by atoms with Crippen molar-refractivity contribution in [3.8, 4) is 0 Å². The number of hydrogen-bond acceptors (Lipinski definition) is 6. The maximum Gasteiger partial charge on any atom is 0.331 e. The van der Waals surface area contributed by atoms with E-state index >= 15 is 0 Å². The number of anilines is 1. The molecule has 34 heavy (non-hydrogen) atoms. The van der Waals surface area contributed by atoms with E-state index < -0.39 is 23.3 Å². The fraction of sp³-hybridized carbons (Fsp3) is 0.320. The summed E-state index contributed by atoms with van der Waals surface area (Å²) in [6.45, 7) is 1.99. The molecule has 1 fully saturated rings. The standard InChI is InChI=1S/C25H23Cl2N3O4/c1-2-34-24(33)19(30-20-12-21(31)25(20)9-3-4-10-25)11-15-5-7-16(8-6-15)29-23(32)22-17(26)13-28-14-18(22)27/h3-8,13-14,19H,2,9-12H2,1H3,(H,29,32)/t19-/m0/s1. The zero-order valence-corrected chi connectivity index (χ0v) is 20.0. The molecule has 2 aliphatic carbocycles. The number of amides is 1. The zero-order chi connectivity index (χ0) is 24.3. The van der Waals surface area contributed by atoms with Gasteiger partial charge >= 0.3 is 5.97 Å². The molecule has 0 aliphatic heterocycles. The summed E-state index contributed by atoms with van der Waals surface area (Å²) in [5.41, 5.74) is 1.73. The van der Waals surface area contributed by atoms with Crippen molar-refractivity contribution in [3.63, 3.8) is 0 Å². The number of allylic oxidation sites excluding steroid dienone is 2. The minimum atomic E-state index is -0.740. The van der Waals surface area contributed by atoms with Gasteiger partial charge in [0.25, 0.3) is 5.91 Å². The summed E-state index contributed by atoms with van der Waals surface area (Å²) in [6, 6.07) is 6.31. The second kappa shape index (κ2) is 10.1. The fourth-order valence-electron chi connectivity index (χ4n) is 4.21. The van der Waals surface area contributed by atoms with Gasteiger partial charge in [0.1, 0.15) is 0 Å². The Morgan fingerprint density at radius 3 is 2.38 bits per heavy atom. The minimum Gasteiger partial charge on any atom is -0.464 e. The number of carbonyl (C=O) groups excluding carboxylic acids is 3. The van der Waals surface area contributed by atoms with E-state index in [4.69, 9.17) is 27.9 Å². The van der Waals surface area contributed by atoms with E-state index in [1.54, 1.807) is 31.2 Å². The van der Waals surface area contributed by atoms with Gasteiger partial charge in [-0.15, -0.1) is 0 Å². The van der Waals surface area contributed by atoms with E-state index in [9.17, 15) is 14.4 Å². The maximum atomic E-state index is 12.6. The first-order valence-corrected chi connectivity index (χ1v) is 11.7. The number of nitrogens with one attached hydrogen (secondary N) is 1. The summed E-state index contributed by atoms with van der Waals surface area (Å²) in [5, 5.41) is 3.06. The number of esters is 1. The number of carbonyl (C=O) groups is 3. The summed E-state index contributed by atoms with van der Waals surface area (Å²) in [5.74, 6) is -0.700. The predicted molar refractivity (Wildman–Crippen MR) is 131 cm³/mol. The minimum absolute atomic E-state index is 0.144. The summed E-state index contributed by atoms with van der Waals surface area (Å²) in [4.78, 5) is 46.0. The molecule has 7 nitrogen and oxygen atoms in total. The summed E-state index contributed by atoms with van der Waals surface area (Å²) in [6.07, 6.45) is 8.56. The Bertz CT molecular complexity index is 1160. The lowest BCUT2D eigenvalue weighted by Crippen LogP contribution is -2.50. The Morgan fingerprint density at radius 2 is 1.79 bits per heavy atom. The van der Waals surface area contributed by atoms with E-state index in [2.05, 4.69) is 15.3 Å². The lowest BCUT2D eigenvalue weighted by atomic mass is 9.64. The number of benzene rings is 1. The highest BCUT2D eigenvalue weighted by atomic mass is 35.5. The quantitative estimate of drug-likeness (QED) is 0.433. The average Bonchev–Trinajstić information content (AvgIpc) is 3.33. The number of halogens is 2. The number of aliphatic imine (C=N–C) groups is 1. The first kappa shape index (κ1) is 24.1. The molecule has 1 aromatic heterocycles. The van der Waals surface area contributed by atoms with Crippen LogP contribution in [-0.2, 0) is 20.7 Å². The summed E-state index contributed by atoms with van der Waals surface area (Å²) < 4.78 is 5.24. The molecule has 0 saturated heterocycles. The van der Waals surface area contributed by atoms with E-state index in [0.717, 1.165) is 11.3 Å². The largest absolute Gasteiger partial charge is 0.464 e. The third-order valence-electron chi connectivity index (χ3n) is 6.11. The van der Waals surface area contributed by atoms with Crippen molar-refractivity contribution in [1.29, 1.82) is 0 Å². The van der Waals surface area contributed by atoms with Gasteiger partial charge in [0, 0.05) is 36.6 Å². The monoisotopic (exact) mass is 499 g/mol. The highest BCUT2D eigenvalue weighted by Crippen LogP contribution is 2.45. The third-order valence-corrected chi connectivity index (χ3v) is 6.68. The Kier molecular flexibility index (Phi) is 7.14. The van der Waals surface area contributed by atoms with Crippen LogP contribution in [0.25, 0.3) is 0 Å². The molecule has 0 unspecified atom stereocenters. The Hall–Kier alpha value is -3.03. The highest BCUT2D eigenvalue weighted by Gasteiger charge is 2.52. The van der Waals surface area contributed by atoms with Crippen LogP contribution < -0.4 is 5.32 Å². The fourth-order valence-corrected chi connectivity index (χ4v) is 4.74. The molecule has 1 atom stereocenters. The second-order valence-corrected chi connectivity index (χ2v) is 9.05. The number of rotatable bonds is 7.